The van der Waals surface area contributed by atoms with E-state index in [1.807, 2.05) is 0 Å². The smallest absolute Gasteiger partial charge is 0.321 e. The van der Waals surface area contributed by atoms with E-state index in [0.717, 1.165) is 38.1 Å². The first-order chi connectivity index (χ1) is 7.66. The first-order valence-electron chi connectivity index (χ1n) is 5.18. The Morgan fingerprint density at radius 1 is 1.19 bits per heavy atom. The molecule has 1 aromatic carbocycles. The second-order valence-corrected chi connectivity index (χ2v) is 3.75. The number of nitrogens with one attached hydrogen (secondary N) is 1. The maximum atomic E-state index is 12.9. The van der Waals surface area contributed by atoms with Gasteiger partial charge in [0.2, 0.25) is 0 Å². The van der Waals surface area contributed by atoms with Crippen molar-refractivity contribution in [2.45, 2.75) is 12.8 Å². The molecule has 1 N–H and O–H groups in total. The van der Waals surface area contributed by atoms with Gasteiger partial charge in [0, 0.05) is 24.8 Å². The van der Waals surface area contributed by atoms with Crippen molar-refractivity contribution < 1.29 is 13.6 Å². The minimum Gasteiger partial charge on any atom is -0.325 e. The normalized spacial score (nSPS) is 15.2. The Hall–Kier alpha value is -1.65. The zero-order chi connectivity index (χ0) is 11.5. The lowest BCUT2D eigenvalue weighted by Gasteiger charge is -2.16. The summed E-state index contributed by atoms with van der Waals surface area (Å²) in [6.45, 7) is 1.44. The van der Waals surface area contributed by atoms with Crippen molar-refractivity contribution in [3.8, 4) is 0 Å². The van der Waals surface area contributed by atoms with Gasteiger partial charge in [0.25, 0.3) is 0 Å². The summed E-state index contributed by atoms with van der Waals surface area (Å²) in [5.41, 5.74) is 0.274. The van der Waals surface area contributed by atoms with E-state index in [-0.39, 0.29) is 11.7 Å². The molecule has 2 rings (SSSR count). The number of rotatable bonds is 1. The number of hydrogen-bond donors (Lipinski definition) is 1. The van der Waals surface area contributed by atoms with Crippen LogP contribution in [0.5, 0.6) is 0 Å². The third kappa shape index (κ3) is 2.29. The SMILES string of the molecule is O=C(Nc1ccc(F)c(F)c1)N1CCCC1. The van der Waals surface area contributed by atoms with Gasteiger partial charge in [-0.2, -0.15) is 0 Å². The Morgan fingerprint density at radius 3 is 2.50 bits per heavy atom. The molecular weight excluding hydrogens is 214 g/mol. The van der Waals surface area contributed by atoms with Crippen molar-refractivity contribution in [3.63, 3.8) is 0 Å². The lowest BCUT2D eigenvalue weighted by atomic mass is 10.3. The number of halogens is 2. The van der Waals surface area contributed by atoms with E-state index in [1.54, 1.807) is 4.90 Å². The molecule has 1 aliphatic rings. The van der Waals surface area contributed by atoms with Gasteiger partial charge in [0.05, 0.1) is 0 Å². The van der Waals surface area contributed by atoms with E-state index in [4.69, 9.17) is 0 Å². The Labute approximate surface area is 92.1 Å². The standard InChI is InChI=1S/C11H12F2N2O/c12-9-4-3-8(7-10(9)13)14-11(16)15-5-1-2-6-15/h3-4,7H,1-2,5-6H2,(H,14,16). The van der Waals surface area contributed by atoms with Gasteiger partial charge >= 0.3 is 6.03 Å². The summed E-state index contributed by atoms with van der Waals surface area (Å²) in [5, 5.41) is 2.53. The molecule has 0 saturated carbocycles. The zero-order valence-corrected chi connectivity index (χ0v) is 8.67. The molecule has 0 aromatic heterocycles. The molecule has 86 valence electrons. The number of anilines is 1. The van der Waals surface area contributed by atoms with Gasteiger partial charge in [0.1, 0.15) is 0 Å². The van der Waals surface area contributed by atoms with Crippen LogP contribution in [0, 0.1) is 11.6 Å². The van der Waals surface area contributed by atoms with Gasteiger partial charge in [0.15, 0.2) is 11.6 Å². The van der Waals surface area contributed by atoms with Crippen molar-refractivity contribution in [2.24, 2.45) is 0 Å². The average Bonchev–Trinajstić information content (AvgIpc) is 2.77. The molecule has 1 aromatic rings. The van der Waals surface area contributed by atoms with Crippen molar-refractivity contribution >= 4 is 11.7 Å². The molecule has 1 fully saturated rings. The first kappa shape index (κ1) is 10.9. The largest absolute Gasteiger partial charge is 0.325 e. The molecule has 0 atom stereocenters. The van der Waals surface area contributed by atoms with Gasteiger partial charge in [-0.05, 0) is 25.0 Å². The summed E-state index contributed by atoms with van der Waals surface area (Å²) in [5.74, 6) is -1.88. The third-order valence-corrected chi connectivity index (χ3v) is 2.56. The summed E-state index contributed by atoms with van der Waals surface area (Å²) in [7, 11) is 0. The lowest BCUT2D eigenvalue weighted by Crippen LogP contribution is -2.32. The molecule has 3 nitrogen and oxygen atoms in total. The van der Waals surface area contributed by atoms with Crippen LogP contribution in [0.1, 0.15) is 12.8 Å². The van der Waals surface area contributed by atoms with Crippen molar-refractivity contribution in [2.75, 3.05) is 18.4 Å². The van der Waals surface area contributed by atoms with Crippen molar-refractivity contribution in [1.29, 1.82) is 0 Å². The Bertz CT molecular complexity index is 403. The van der Waals surface area contributed by atoms with Gasteiger partial charge in [-0.25, -0.2) is 13.6 Å². The van der Waals surface area contributed by atoms with Crippen LogP contribution in [0.4, 0.5) is 19.3 Å². The third-order valence-electron chi connectivity index (χ3n) is 2.56. The number of amides is 2. The topological polar surface area (TPSA) is 32.3 Å². The number of likely N-dealkylation sites (tertiary alicyclic amines) is 1. The molecule has 0 spiro atoms. The quantitative estimate of drug-likeness (QED) is 0.784. The minimum absolute atomic E-state index is 0.261. The first-order valence-corrected chi connectivity index (χ1v) is 5.18. The van der Waals surface area contributed by atoms with Gasteiger partial charge in [-0.1, -0.05) is 0 Å². The predicted molar refractivity (Wildman–Crippen MR) is 56.2 cm³/mol. The fourth-order valence-corrected chi connectivity index (χ4v) is 1.70. The molecule has 1 heterocycles. The van der Waals surface area contributed by atoms with Crippen molar-refractivity contribution in [1.82, 2.24) is 4.90 Å². The molecule has 0 bridgehead atoms. The molecule has 0 unspecified atom stereocenters. The molecule has 16 heavy (non-hydrogen) atoms. The second kappa shape index (κ2) is 4.47. The van der Waals surface area contributed by atoms with Crippen LogP contribution in [0.3, 0.4) is 0 Å². The number of nitrogens with zero attached hydrogens (tertiary/aromatic N) is 1. The lowest BCUT2D eigenvalue weighted by molar-refractivity contribution is 0.222. The van der Waals surface area contributed by atoms with Gasteiger partial charge in [-0.15, -0.1) is 0 Å². The summed E-state index contributed by atoms with van der Waals surface area (Å²) < 4.78 is 25.5. The van der Waals surface area contributed by atoms with E-state index >= 15 is 0 Å². The molecule has 0 radical (unpaired) electrons. The van der Waals surface area contributed by atoms with E-state index < -0.39 is 11.6 Å². The summed E-state index contributed by atoms with van der Waals surface area (Å²) in [6, 6.07) is 3.05. The molecule has 0 aliphatic carbocycles. The van der Waals surface area contributed by atoms with Crippen LogP contribution in [-0.4, -0.2) is 24.0 Å². The summed E-state index contributed by atoms with van der Waals surface area (Å²) >= 11 is 0. The van der Waals surface area contributed by atoms with E-state index in [9.17, 15) is 13.6 Å². The van der Waals surface area contributed by atoms with Crippen LogP contribution in [-0.2, 0) is 0 Å². The Balaban J connectivity index is 2.02. The van der Waals surface area contributed by atoms with Crippen LogP contribution in [0.15, 0.2) is 18.2 Å². The van der Waals surface area contributed by atoms with E-state index in [1.165, 1.54) is 6.07 Å². The van der Waals surface area contributed by atoms with Crippen LogP contribution >= 0.6 is 0 Å². The minimum atomic E-state index is -0.959. The highest BCUT2D eigenvalue weighted by Crippen LogP contribution is 2.15. The van der Waals surface area contributed by atoms with Crippen LogP contribution in [0.25, 0.3) is 0 Å². The van der Waals surface area contributed by atoms with E-state index in [0.29, 0.717) is 0 Å². The number of hydrogen-bond acceptors (Lipinski definition) is 1. The predicted octanol–water partition coefficient (Wildman–Crippen LogP) is 2.59. The van der Waals surface area contributed by atoms with Gasteiger partial charge in [-0.3, -0.25) is 0 Å². The monoisotopic (exact) mass is 226 g/mol. The molecule has 1 aliphatic heterocycles. The van der Waals surface area contributed by atoms with Crippen molar-refractivity contribution in [3.05, 3.63) is 29.8 Å². The molecular formula is C11H12F2N2O. The zero-order valence-electron chi connectivity index (χ0n) is 8.67. The summed E-state index contributed by atoms with van der Waals surface area (Å²) in [4.78, 5) is 13.3. The number of carbonyl (C=O) groups is 1. The van der Waals surface area contributed by atoms with Gasteiger partial charge < -0.3 is 10.2 Å². The maximum Gasteiger partial charge on any atom is 0.321 e. The van der Waals surface area contributed by atoms with Crippen LogP contribution in [0.2, 0.25) is 0 Å². The Morgan fingerprint density at radius 2 is 1.88 bits per heavy atom. The number of carbonyl (C=O) groups excluding carboxylic acids is 1. The molecule has 2 amide bonds. The van der Waals surface area contributed by atoms with Crippen LogP contribution < -0.4 is 5.32 Å². The number of urea groups is 1. The second-order valence-electron chi connectivity index (χ2n) is 3.75. The fraction of sp³-hybridized carbons (Fsp3) is 0.364. The number of benzene rings is 1. The highest BCUT2D eigenvalue weighted by Gasteiger charge is 2.17. The molecule has 1 saturated heterocycles. The fourth-order valence-electron chi connectivity index (χ4n) is 1.70. The maximum absolute atomic E-state index is 12.9. The highest BCUT2D eigenvalue weighted by atomic mass is 19.2. The van der Waals surface area contributed by atoms with E-state index in [2.05, 4.69) is 5.32 Å². The Kier molecular flexibility index (Phi) is 3.03. The summed E-state index contributed by atoms with van der Waals surface area (Å²) in [6.07, 6.45) is 1.98. The highest BCUT2D eigenvalue weighted by molar-refractivity contribution is 5.89. The molecule has 5 heteroatoms. The average molecular weight is 226 g/mol.